The quantitative estimate of drug-likeness (QED) is 0.763. The lowest BCUT2D eigenvalue weighted by atomic mass is 10.0. The van der Waals surface area contributed by atoms with E-state index in [1.807, 2.05) is 0 Å². The van der Waals surface area contributed by atoms with Crippen LogP contribution in [0.25, 0.3) is 0 Å². The summed E-state index contributed by atoms with van der Waals surface area (Å²) in [7, 11) is 3.06. The van der Waals surface area contributed by atoms with Crippen molar-refractivity contribution in [3.8, 4) is 11.5 Å². The summed E-state index contributed by atoms with van der Waals surface area (Å²) in [5.74, 6) is 0.198. The summed E-state index contributed by atoms with van der Waals surface area (Å²) in [5, 5.41) is 0. The van der Waals surface area contributed by atoms with Crippen LogP contribution in [0.3, 0.4) is 0 Å². The summed E-state index contributed by atoms with van der Waals surface area (Å²) in [5.41, 5.74) is 0.868. The molecule has 0 fully saturated rings. The molecule has 1 atom stereocenters. The normalized spacial score (nSPS) is 12.1. The van der Waals surface area contributed by atoms with Crippen molar-refractivity contribution in [1.29, 1.82) is 0 Å². The molecule has 0 radical (unpaired) electrons. The van der Waals surface area contributed by atoms with Crippen LogP contribution in [-0.2, 0) is 0 Å². The van der Waals surface area contributed by atoms with Crippen LogP contribution in [0.1, 0.15) is 16.0 Å². The van der Waals surface area contributed by atoms with Gasteiger partial charge >= 0.3 is 0 Å². The molecule has 0 aromatic heterocycles. The fourth-order valence-corrected chi connectivity index (χ4v) is 2.62. The predicted octanol–water partition coefficient (Wildman–Crippen LogP) is 4.47. The minimum atomic E-state index is -0.539. The van der Waals surface area contributed by atoms with Crippen LogP contribution in [0.15, 0.2) is 36.4 Å². The van der Waals surface area contributed by atoms with Gasteiger partial charge in [0.1, 0.15) is 23.1 Å². The van der Waals surface area contributed by atoms with Crippen LogP contribution in [0, 0.1) is 11.6 Å². The fraction of sp³-hybridized carbons (Fsp3) is 0.200. The molecule has 1 unspecified atom stereocenters. The zero-order valence-corrected chi connectivity index (χ0v) is 12.6. The Kier molecular flexibility index (Phi) is 4.60. The van der Waals surface area contributed by atoms with Gasteiger partial charge in [0.15, 0.2) is 0 Å². The summed E-state index contributed by atoms with van der Waals surface area (Å²) in [6.07, 6.45) is 0. The molecule has 5 heteroatoms. The molecule has 0 spiro atoms. The van der Waals surface area contributed by atoms with Crippen molar-refractivity contribution >= 4 is 15.9 Å². The Morgan fingerprint density at radius 3 is 2.35 bits per heavy atom. The maximum absolute atomic E-state index is 13.9. The second kappa shape index (κ2) is 6.22. The van der Waals surface area contributed by atoms with Crippen molar-refractivity contribution in [3.05, 3.63) is 59.2 Å². The van der Waals surface area contributed by atoms with Gasteiger partial charge in [-0.3, -0.25) is 0 Å². The Labute approximate surface area is 124 Å². The standard InChI is InChI=1S/C15H13BrF2O2/c1-19-10-4-6-14(20-2)12(8-10)15(16)11-7-9(17)3-5-13(11)18/h3-8,15H,1-2H3. The third kappa shape index (κ3) is 2.93. The molecular formula is C15H13BrF2O2. The van der Waals surface area contributed by atoms with E-state index in [0.717, 1.165) is 18.2 Å². The first kappa shape index (κ1) is 14.8. The van der Waals surface area contributed by atoms with E-state index in [1.165, 1.54) is 14.2 Å². The highest BCUT2D eigenvalue weighted by molar-refractivity contribution is 9.09. The monoisotopic (exact) mass is 342 g/mol. The number of methoxy groups -OCH3 is 2. The lowest BCUT2D eigenvalue weighted by molar-refractivity contribution is 0.399. The van der Waals surface area contributed by atoms with Gasteiger partial charge in [0.25, 0.3) is 0 Å². The number of alkyl halides is 1. The largest absolute Gasteiger partial charge is 0.497 e. The van der Waals surface area contributed by atoms with Crippen molar-refractivity contribution in [2.75, 3.05) is 14.2 Å². The van der Waals surface area contributed by atoms with E-state index >= 15 is 0 Å². The molecule has 0 aliphatic carbocycles. The molecule has 0 aliphatic heterocycles. The molecule has 0 saturated heterocycles. The Morgan fingerprint density at radius 1 is 0.950 bits per heavy atom. The zero-order valence-electron chi connectivity index (χ0n) is 11.0. The van der Waals surface area contributed by atoms with Gasteiger partial charge in [-0.15, -0.1) is 0 Å². The predicted molar refractivity (Wildman–Crippen MR) is 76.7 cm³/mol. The van der Waals surface area contributed by atoms with Crippen LogP contribution in [0.5, 0.6) is 11.5 Å². The number of hydrogen-bond acceptors (Lipinski definition) is 2. The van der Waals surface area contributed by atoms with E-state index in [-0.39, 0.29) is 5.56 Å². The van der Waals surface area contributed by atoms with Gasteiger partial charge in [-0.1, -0.05) is 15.9 Å². The van der Waals surface area contributed by atoms with E-state index < -0.39 is 16.5 Å². The highest BCUT2D eigenvalue weighted by Gasteiger charge is 2.20. The Bertz CT molecular complexity index is 617. The number of rotatable bonds is 4. The molecule has 2 aromatic rings. The fourth-order valence-electron chi connectivity index (χ4n) is 1.91. The molecule has 0 amide bonds. The van der Waals surface area contributed by atoms with Gasteiger partial charge < -0.3 is 9.47 Å². The molecule has 2 aromatic carbocycles. The van der Waals surface area contributed by atoms with Crippen molar-refractivity contribution in [2.24, 2.45) is 0 Å². The summed E-state index contributed by atoms with van der Waals surface area (Å²) < 4.78 is 37.6. The molecular weight excluding hydrogens is 330 g/mol. The minimum absolute atomic E-state index is 0.205. The van der Waals surface area contributed by atoms with Gasteiger partial charge in [-0.25, -0.2) is 8.78 Å². The molecule has 2 rings (SSSR count). The molecule has 20 heavy (non-hydrogen) atoms. The lowest BCUT2D eigenvalue weighted by Gasteiger charge is -2.16. The second-order valence-corrected chi connectivity index (χ2v) is 5.05. The second-order valence-electron chi connectivity index (χ2n) is 4.14. The van der Waals surface area contributed by atoms with Gasteiger partial charge in [0.05, 0.1) is 19.0 Å². The van der Waals surface area contributed by atoms with Crippen molar-refractivity contribution in [1.82, 2.24) is 0 Å². The van der Waals surface area contributed by atoms with Gasteiger partial charge in [-0.2, -0.15) is 0 Å². The van der Waals surface area contributed by atoms with Crippen LogP contribution in [0.4, 0.5) is 8.78 Å². The number of benzene rings is 2. The third-order valence-electron chi connectivity index (χ3n) is 2.94. The van der Waals surface area contributed by atoms with E-state index in [0.29, 0.717) is 17.1 Å². The van der Waals surface area contributed by atoms with Crippen LogP contribution < -0.4 is 9.47 Å². The van der Waals surface area contributed by atoms with Crippen molar-refractivity contribution in [3.63, 3.8) is 0 Å². The van der Waals surface area contributed by atoms with E-state index in [1.54, 1.807) is 18.2 Å². The first-order valence-corrected chi connectivity index (χ1v) is 6.79. The smallest absolute Gasteiger partial charge is 0.128 e. The summed E-state index contributed by atoms with van der Waals surface area (Å²) in [6.45, 7) is 0. The van der Waals surface area contributed by atoms with Crippen molar-refractivity contribution in [2.45, 2.75) is 4.83 Å². The Morgan fingerprint density at radius 2 is 1.70 bits per heavy atom. The zero-order chi connectivity index (χ0) is 14.7. The molecule has 0 bridgehead atoms. The topological polar surface area (TPSA) is 18.5 Å². The summed E-state index contributed by atoms with van der Waals surface area (Å²) >= 11 is 3.39. The van der Waals surface area contributed by atoms with E-state index in [4.69, 9.17) is 9.47 Å². The van der Waals surface area contributed by atoms with Gasteiger partial charge in [0, 0.05) is 11.1 Å². The van der Waals surface area contributed by atoms with E-state index in [9.17, 15) is 8.78 Å². The van der Waals surface area contributed by atoms with Crippen LogP contribution in [-0.4, -0.2) is 14.2 Å². The molecule has 0 N–H and O–H groups in total. The molecule has 0 saturated carbocycles. The Balaban J connectivity index is 2.51. The van der Waals surface area contributed by atoms with Crippen molar-refractivity contribution < 1.29 is 18.3 Å². The molecule has 106 valence electrons. The maximum Gasteiger partial charge on any atom is 0.128 e. The maximum atomic E-state index is 13.9. The van der Waals surface area contributed by atoms with E-state index in [2.05, 4.69) is 15.9 Å². The molecule has 0 aliphatic rings. The number of hydrogen-bond donors (Lipinski definition) is 0. The average molecular weight is 343 g/mol. The molecule has 2 nitrogen and oxygen atoms in total. The van der Waals surface area contributed by atoms with Gasteiger partial charge in [-0.05, 0) is 36.4 Å². The lowest BCUT2D eigenvalue weighted by Crippen LogP contribution is -2.01. The Hall–Kier alpha value is -1.62. The first-order valence-electron chi connectivity index (χ1n) is 5.87. The number of halogens is 3. The SMILES string of the molecule is COc1ccc(OC)c(C(Br)c2cc(F)ccc2F)c1. The summed E-state index contributed by atoms with van der Waals surface area (Å²) in [6, 6.07) is 8.53. The van der Waals surface area contributed by atoms with Crippen LogP contribution in [0.2, 0.25) is 0 Å². The third-order valence-corrected chi connectivity index (χ3v) is 3.93. The minimum Gasteiger partial charge on any atom is -0.497 e. The highest BCUT2D eigenvalue weighted by atomic mass is 79.9. The van der Waals surface area contributed by atoms with Crippen LogP contribution >= 0.6 is 15.9 Å². The number of ether oxygens (including phenoxy) is 2. The molecule has 0 heterocycles. The van der Waals surface area contributed by atoms with Gasteiger partial charge in [0.2, 0.25) is 0 Å². The summed E-state index contributed by atoms with van der Waals surface area (Å²) in [4.78, 5) is -0.539. The highest BCUT2D eigenvalue weighted by Crippen LogP contribution is 2.39. The average Bonchev–Trinajstić information content (AvgIpc) is 2.48. The first-order chi connectivity index (χ1) is 9.56.